The molecule has 1 rings (SSSR count). The molecule has 1 aromatic heterocycles. The molecule has 0 saturated carbocycles. The van der Waals surface area contributed by atoms with Crippen LogP contribution in [0, 0.1) is 0 Å². The van der Waals surface area contributed by atoms with Crippen molar-refractivity contribution in [3.8, 4) is 0 Å². The van der Waals surface area contributed by atoms with Crippen LogP contribution in [0.2, 0.25) is 0 Å². The third-order valence-corrected chi connectivity index (χ3v) is 2.51. The average Bonchev–Trinajstić information content (AvgIpc) is 2.38. The fourth-order valence-electron chi connectivity index (χ4n) is 1.41. The fraction of sp³-hybridized carbons (Fsp3) is 0.455. The van der Waals surface area contributed by atoms with E-state index in [1.165, 1.54) is 33.3 Å². The minimum atomic E-state index is -0.805. The number of carbonyl (C=O) groups is 2. The Labute approximate surface area is 108 Å². The maximum Gasteiger partial charge on any atom is 0.331 e. The van der Waals surface area contributed by atoms with Gasteiger partial charge < -0.3 is 10.1 Å². The van der Waals surface area contributed by atoms with Crippen molar-refractivity contribution in [1.82, 2.24) is 14.5 Å². The molecule has 0 aliphatic rings. The maximum absolute atomic E-state index is 11.7. The summed E-state index contributed by atoms with van der Waals surface area (Å²) in [7, 11) is 2.53. The zero-order chi connectivity index (χ0) is 14.6. The lowest BCUT2D eigenvalue weighted by Gasteiger charge is -2.12. The summed E-state index contributed by atoms with van der Waals surface area (Å²) in [5, 5.41) is 2.38. The van der Waals surface area contributed by atoms with Gasteiger partial charge in [-0.25, -0.2) is 9.59 Å². The van der Waals surface area contributed by atoms with E-state index in [-0.39, 0.29) is 6.54 Å². The number of ether oxygens (including phenoxy) is 1. The van der Waals surface area contributed by atoms with Gasteiger partial charge in [-0.15, -0.1) is 0 Å². The van der Waals surface area contributed by atoms with Gasteiger partial charge in [0.1, 0.15) is 12.6 Å². The van der Waals surface area contributed by atoms with Crippen molar-refractivity contribution in [3.05, 3.63) is 33.1 Å². The zero-order valence-electron chi connectivity index (χ0n) is 10.9. The molecule has 8 nitrogen and oxygen atoms in total. The molecule has 0 aliphatic heterocycles. The Morgan fingerprint density at radius 2 is 2.05 bits per heavy atom. The van der Waals surface area contributed by atoms with E-state index in [2.05, 4.69) is 10.1 Å². The Morgan fingerprint density at radius 3 is 2.63 bits per heavy atom. The summed E-state index contributed by atoms with van der Waals surface area (Å²) in [5.74, 6) is -1.11. The number of amides is 1. The Morgan fingerprint density at radius 1 is 1.42 bits per heavy atom. The van der Waals surface area contributed by atoms with Gasteiger partial charge in [-0.3, -0.25) is 18.7 Å². The highest BCUT2D eigenvalue weighted by molar-refractivity contribution is 5.83. The number of nitrogens with zero attached hydrogens (tertiary/aromatic N) is 2. The summed E-state index contributed by atoms with van der Waals surface area (Å²) >= 11 is 0. The van der Waals surface area contributed by atoms with Gasteiger partial charge in [0.25, 0.3) is 5.56 Å². The highest BCUT2D eigenvalue weighted by Gasteiger charge is 2.16. The molecule has 0 aromatic carbocycles. The van der Waals surface area contributed by atoms with Crippen molar-refractivity contribution in [2.24, 2.45) is 7.05 Å². The smallest absolute Gasteiger partial charge is 0.331 e. The summed E-state index contributed by atoms with van der Waals surface area (Å²) in [6, 6.07) is 0.374. The van der Waals surface area contributed by atoms with Crippen LogP contribution in [0.4, 0.5) is 0 Å². The van der Waals surface area contributed by atoms with Crippen molar-refractivity contribution in [2.75, 3.05) is 7.11 Å². The number of hydrogen-bond acceptors (Lipinski definition) is 5. The van der Waals surface area contributed by atoms with Crippen molar-refractivity contribution in [1.29, 1.82) is 0 Å². The molecule has 1 aromatic rings. The van der Waals surface area contributed by atoms with Crippen LogP contribution >= 0.6 is 0 Å². The molecular formula is C11H15N3O5. The topological polar surface area (TPSA) is 99.4 Å². The minimum Gasteiger partial charge on any atom is -0.467 e. The van der Waals surface area contributed by atoms with Crippen LogP contribution in [-0.4, -0.2) is 34.2 Å². The molecule has 0 bridgehead atoms. The molecule has 0 fully saturated rings. The van der Waals surface area contributed by atoms with E-state index < -0.39 is 29.2 Å². The molecule has 1 N–H and O–H groups in total. The molecule has 19 heavy (non-hydrogen) atoms. The van der Waals surface area contributed by atoms with Crippen LogP contribution in [0.15, 0.2) is 21.9 Å². The molecule has 0 saturated heterocycles. The van der Waals surface area contributed by atoms with Gasteiger partial charge in [0, 0.05) is 19.3 Å². The third-order valence-electron chi connectivity index (χ3n) is 2.51. The van der Waals surface area contributed by atoms with Gasteiger partial charge in [0.05, 0.1) is 7.11 Å². The molecule has 0 aliphatic carbocycles. The summed E-state index contributed by atoms with van der Waals surface area (Å²) < 4.78 is 6.41. The quantitative estimate of drug-likeness (QED) is 0.652. The molecule has 0 unspecified atom stereocenters. The van der Waals surface area contributed by atoms with Crippen LogP contribution in [0.5, 0.6) is 0 Å². The van der Waals surface area contributed by atoms with E-state index in [0.29, 0.717) is 0 Å². The Hall–Kier alpha value is -2.38. The van der Waals surface area contributed by atoms with Crippen LogP contribution in [0.25, 0.3) is 0 Å². The second-order valence-electron chi connectivity index (χ2n) is 3.94. The molecule has 1 amide bonds. The lowest BCUT2D eigenvalue weighted by atomic mass is 10.3. The second kappa shape index (κ2) is 5.98. The van der Waals surface area contributed by atoms with Gasteiger partial charge in [-0.05, 0) is 6.92 Å². The maximum atomic E-state index is 11.7. The van der Waals surface area contributed by atoms with E-state index in [1.54, 1.807) is 0 Å². The van der Waals surface area contributed by atoms with Crippen LogP contribution < -0.4 is 16.6 Å². The predicted molar refractivity (Wildman–Crippen MR) is 65.6 cm³/mol. The predicted octanol–water partition coefficient (Wildman–Crippen LogP) is -1.78. The summed E-state index contributed by atoms with van der Waals surface area (Å²) in [6.07, 6.45) is 1.23. The first-order valence-corrected chi connectivity index (χ1v) is 5.50. The number of carbonyl (C=O) groups excluding carboxylic acids is 2. The number of hydrogen-bond donors (Lipinski definition) is 1. The summed E-state index contributed by atoms with van der Waals surface area (Å²) in [6.45, 7) is 1.18. The number of nitrogens with one attached hydrogen (secondary N) is 1. The van der Waals surface area contributed by atoms with Gasteiger partial charge in [0.2, 0.25) is 5.91 Å². The van der Waals surface area contributed by atoms with Crippen molar-refractivity contribution in [2.45, 2.75) is 19.5 Å². The van der Waals surface area contributed by atoms with Crippen molar-refractivity contribution < 1.29 is 14.3 Å². The fourth-order valence-corrected chi connectivity index (χ4v) is 1.41. The molecule has 0 radical (unpaired) electrons. The third kappa shape index (κ3) is 3.54. The minimum absolute atomic E-state index is 0.283. The molecule has 104 valence electrons. The van der Waals surface area contributed by atoms with Gasteiger partial charge >= 0.3 is 11.7 Å². The van der Waals surface area contributed by atoms with E-state index in [9.17, 15) is 19.2 Å². The van der Waals surface area contributed by atoms with Gasteiger partial charge in [-0.1, -0.05) is 0 Å². The first-order valence-electron chi connectivity index (χ1n) is 5.50. The zero-order valence-corrected chi connectivity index (χ0v) is 10.9. The molecule has 8 heteroatoms. The van der Waals surface area contributed by atoms with Crippen molar-refractivity contribution >= 4 is 11.9 Å². The molecule has 1 atom stereocenters. The lowest BCUT2D eigenvalue weighted by molar-refractivity contribution is -0.144. The van der Waals surface area contributed by atoms with E-state index >= 15 is 0 Å². The monoisotopic (exact) mass is 269 g/mol. The van der Waals surface area contributed by atoms with Crippen LogP contribution in [0.1, 0.15) is 6.92 Å². The Balaban J connectivity index is 2.79. The van der Waals surface area contributed by atoms with E-state index in [0.717, 1.165) is 9.13 Å². The van der Waals surface area contributed by atoms with Crippen molar-refractivity contribution in [3.63, 3.8) is 0 Å². The van der Waals surface area contributed by atoms with Crippen LogP contribution in [-0.2, 0) is 27.9 Å². The van der Waals surface area contributed by atoms with E-state index in [4.69, 9.17) is 0 Å². The first kappa shape index (κ1) is 14.7. The lowest BCUT2D eigenvalue weighted by Crippen LogP contribution is -2.44. The highest BCUT2D eigenvalue weighted by Crippen LogP contribution is 1.87. The number of esters is 1. The number of methoxy groups -OCH3 is 1. The first-order chi connectivity index (χ1) is 8.86. The Kier molecular flexibility index (Phi) is 4.62. The normalized spacial score (nSPS) is 11.7. The molecular weight excluding hydrogens is 254 g/mol. The van der Waals surface area contributed by atoms with E-state index in [1.807, 2.05) is 0 Å². The second-order valence-corrected chi connectivity index (χ2v) is 3.94. The average molecular weight is 269 g/mol. The van der Waals surface area contributed by atoms with Crippen LogP contribution in [0.3, 0.4) is 0 Å². The molecule has 0 spiro atoms. The van der Waals surface area contributed by atoms with Gasteiger partial charge in [0.15, 0.2) is 0 Å². The number of aromatic nitrogens is 2. The molecule has 1 heterocycles. The Bertz CT molecular complexity index is 601. The van der Waals surface area contributed by atoms with Gasteiger partial charge in [-0.2, -0.15) is 0 Å². The summed E-state index contributed by atoms with van der Waals surface area (Å²) in [4.78, 5) is 45.6. The largest absolute Gasteiger partial charge is 0.467 e. The standard InChI is InChI=1S/C11H15N3O5/c1-7(10(17)19-3)12-8(15)6-14-5-4-9(16)13(2)11(14)18/h4-5,7H,6H2,1-3H3,(H,12,15)/t7-/m0/s1. The highest BCUT2D eigenvalue weighted by atomic mass is 16.5. The number of rotatable bonds is 4. The summed E-state index contributed by atoms with van der Waals surface area (Å²) in [5.41, 5.74) is -1.06. The SMILES string of the molecule is COC(=O)[C@H](C)NC(=O)Cn1ccc(=O)n(C)c1=O.